The summed E-state index contributed by atoms with van der Waals surface area (Å²) in [5, 5.41) is 0. The van der Waals surface area contributed by atoms with E-state index in [2.05, 4.69) is 20.8 Å². The van der Waals surface area contributed by atoms with Gasteiger partial charge in [-0.2, -0.15) is 0 Å². The predicted molar refractivity (Wildman–Crippen MR) is 62.4 cm³/mol. The number of carbonyl (C=O) groups is 1. The van der Waals surface area contributed by atoms with Gasteiger partial charge in [-0.05, 0) is 18.3 Å². The Bertz CT molecular complexity index is 129. The fourth-order valence-electron chi connectivity index (χ4n) is 1.86. The van der Waals surface area contributed by atoms with Crippen molar-refractivity contribution in [3.05, 3.63) is 0 Å². The predicted octanol–water partition coefficient (Wildman–Crippen LogP) is 4.21. The molecule has 0 heterocycles. The van der Waals surface area contributed by atoms with Crippen LogP contribution in [0, 0.1) is 11.8 Å². The first-order valence-electron chi connectivity index (χ1n) is 6.16. The summed E-state index contributed by atoms with van der Waals surface area (Å²) in [7, 11) is 0. The lowest BCUT2D eigenvalue weighted by Crippen LogP contribution is -2.09. The minimum Gasteiger partial charge on any atom is -0.303 e. The summed E-state index contributed by atoms with van der Waals surface area (Å²) in [5.41, 5.74) is 0. The molecule has 0 aliphatic heterocycles. The third-order valence-electron chi connectivity index (χ3n) is 3.02. The molecular formula is C13H26O. The van der Waals surface area contributed by atoms with Crippen molar-refractivity contribution in [1.29, 1.82) is 0 Å². The Balaban J connectivity index is 3.45. The number of unbranched alkanes of at least 4 members (excludes halogenated alkanes) is 4. The molecule has 1 heteroatoms. The van der Waals surface area contributed by atoms with Crippen molar-refractivity contribution in [2.24, 2.45) is 11.8 Å². The molecule has 0 aliphatic carbocycles. The zero-order valence-electron chi connectivity index (χ0n) is 10.1. The Hall–Kier alpha value is -0.330. The van der Waals surface area contributed by atoms with Crippen molar-refractivity contribution in [2.75, 3.05) is 0 Å². The highest BCUT2D eigenvalue weighted by Gasteiger charge is 2.11. The molecule has 0 aromatic carbocycles. The van der Waals surface area contributed by atoms with Crippen LogP contribution in [0.2, 0.25) is 0 Å². The number of hydrogen-bond acceptors (Lipinski definition) is 1. The van der Waals surface area contributed by atoms with Gasteiger partial charge < -0.3 is 4.79 Å². The van der Waals surface area contributed by atoms with Gasteiger partial charge in [0, 0.05) is 6.42 Å². The number of aldehydes is 1. The summed E-state index contributed by atoms with van der Waals surface area (Å²) in [5.74, 6) is 1.28. The van der Waals surface area contributed by atoms with E-state index in [1.165, 1.54) is 38.5 Å². The minimum atomic E-state index is 0.620. The van der Waals surface area contributed by atoms with E-state index in [1.54, 1.807) is 0 Å². The fraction of sp³-hybridized carbons (Fsp3) is 0.923. The molecule has 0 aliphatic rings. The largest absolute Gasteiger partial charge is 0.303 e. The second-order valence-electron chi connectivity index (χ2n) is 4.61. The first kappa shape index (κ1) is 13.7. The molecule has 0 saturated carbocycles. The van der Waals surface area contributed by atoms with Crippen molar-refractivity contribution >= 4 is 6.29 Å². The summed E-state index contributed by atoms with van der Waals surface area (Å²) in [4.78, 5) is 10.5. The van der Waals surface area contributed by atoms with Crippen LogP contribution in [0.3, 0.4) is 0 Å². The second-order valence-corrected chi connectivity index (χ2v) is 4.61. The van der Waals surface area contributed by atoms with Gasteiger partial charge in [0.25, 0.3) is 0 Å². The first-order valence-corrected chi connectivity index (χ1v) is 6.16. The molecule has 1 nitrogen and oxygen atoms in total. The lowest BCUT2D eigenvalue weighted by Gasteiger charge is -2.17. The van der Waals surface area contributed by atoms with Crippen LogP contribution in [-0.4, -0.2) is 6.29 Å². The van der Waals surface area contributed by atoms with Crippen molar-refractivity contribution in [3.63, 3.8) is 0 Å². The van der Waals surface area contributed by atoms with Gasteiger partial charge in [-0.3, -0.25) is 0 Å². The Labute approximate surface area is 89.3 Å². The number of carbonyl (C=O) groups excluding carboxylic acids is 1. The molecule has 0 bridgehead atoms. The third kappa shape index (κ3) is 7.11. The third-order valence-corrected chi connectivity index (χ3v) is 3.02. The summed E-state index contributed by atoms with van der Waals surface area (Å²) in [6, 6.07) is 0. The van der Waals surface area contributed by atoms with Crippen LogP contribution in [0.15, 0.2) is 0 Å². The highest BCUT2D eigenvalue weighted by Crippen LogP contribution is 2.21. The van der Waals surface area contributed by atoms with Crippen molar-refractivity contribution < 1.29 is 4.79 Å². The molecule has 0 saturated heterocycles. The second kappa shape index (κ2) is 9.23. The molecule has 0 radical (unpaired) electrons. The lowest BCUT2D eigenvalue weighted by molar-refractivity contribution is -0.109. The summed E-state index contributed by atoms with van der Waals surface area (Å²) >= 11 is 0. The SMILES string of the molecule is CCCCCCCC(CC=O)C(C)C. The van der Waals surface area contributed by atoms with Crippen LogP contribution in [0.1, 0.15) is 65.7 Å². The maximum absolute atomic E-state index is 10.5. The standard InChI is InChI=1S/C13H26O/c1-4-5-6-7-8-9-13(10-11-14)12(2)3/h11-13H,4-10H2,1-3H3. The Morgan fingerprint density at radius 3 is 2.21 bits per heavy atom. The highest BCUT2D eigenvalue weighted by atomic mass is 16.1. The Kier molecular flexibility index (Phi) is 9.02. The molecule has 1 atom stereocenters. The number of hydrogen-bond donors (Lipinski definition) is 0. The lowest BCUT2D eigenvalue weighted by atomic mass is 9.88. The van der Waals surface area contributed by atoms with E-state index in [9.17, 15) is 4.79 Å². The molecule has 14 heavy (non-hydrogen) atoms. The molecule has 0 spiro atoms. The molecule has 0 rings (SSSR count). The first-order chi connectivity index (χ1) is 6.72. The van der Waals surface area contributed by atoms with E-state index < -0.39 is 0 Å². The highest BCUT2D eigenvalue weighted by molar-refractivity contribution is 5.49. The van der Waals surface area contributed by atoms with Gasteiger partial charge in [0.2, 0.25) is 0 Å². The van der Waals surface area contributed by atoms with E-state index in [0.717, 1.165) is 12.7 Å². The molecule has 84 valence electrons. The molecule has 0 aromatic rings. The number of rotatable bonds is 9. The van der Waals surface area contributed by atoms with Gasteiger partial charge in [-0.25, -0.2) is 0 Å². The van der Waals surface area contributed by atoms with E-state index >= 15 is 0 Å². The monoisotopic (exact) mass is 198 g/mol. The summed E-state index contributed by atoms with van der Waals surface area (Å²) in [6.45, 7) is 6.68. The average Bonchev–Trinajstić information content (AvgIpc) is 2.15. The van der Waals surface area contributed by atoms with Gasteiger partial charge in [0.05, 0.1) is 0 Å². The molecular weight excluding hydrogens is 172 g/mol. The topological polar surface area (TPSA) is 17.1 Å². The van der Waals surface area contributed by atoms with E-state index in [4.69, 9.17) is 0 Å². The molecule has 0 aromatic heterocycles. The maximum atomic E-state index is 10.5. The normalized spacial score (nSPS) is 13.1. The summed E-state index contributed by atoms with van der Waals surface area (Å²) in [6.07, 6.45) is 9.75. The van der Waals surface area contributed by atoms with Gasteiger partial charge in [-0.1, -0.05) is 52.9 Å². The Morgan fingerprint density at radius 1 is 1.07 bits per heavy atom. The van der Waals surface area contributed by atoms with Gasteiger partial charge in [0.15, 0.2) is 0 Å². The minimum absolute atomic E-state index is 0.620. The average molecular weight is 198 g/mol. The van der Waals surface area contributed by atoms with Crippen molar-refractivity contribution in [2.45, 2.75) is 65.7 Å². The van der Waals surface area contributed by atoms with E-state index in [0.29, 0.717) is 11.8 Å². The molecule has 1 unspecified atom stereocenters. The zero-order chi connectivity index (χ0) is 10.8. The van der Waals surface area contributed by atoms with E-state index in [-0.39, 0.29) is 0 Å². The van der Waals surface area contributed by atoms with Crippen LogP contribution in [0.4, 0.5) is 0 Å². The maximum Gasteiger partial charge on any atom is 0.120 e. The van der Waals surface area contributed by atoms with Gasteiger partial charge in [0.1, 0.15) is 6.29 Å². The molecule has 0 N–H and O–H groups in total. The van der Waals surface area contributed by atoms with Crippen LogP contribution in [-0.2, 0) is 4.79 Å². The van der Waals surface area contributed by atoms with Crippen LogP contribution >= 0.6 is 0 Å². The van der Waals surface area contributed by atoms with Crippen LogP contribution in [0.5, 0.6) is 0 Å². The van der Waals surface area contributed by atoms with Crippen LogP contribution in [0.25, 0.3) is 0 Å². The zero-order valence-corrected chi connectivity index (χ0v) is 10.1. The van der Waals surface area contributed by atoms with Gasteiger partial charge >= 0.3 is 0 Å². The van der Waals surface area contributed by atoms with Crippen molar-refractivity contribution in [3.8, 4) is 0 Å². The van der Waals surface area contributed by atoms with Gasteiger partial charge in [-0.15, -0.1) is 0 Å². The van der Waals surface area contributed by atoms with Crippen molar-refractivity contribution in [1.82, 2.24) is 0 Å². The molecule has 0 amide bonds. The van der Waals surface area contributed by atoms with E-state index in [1.807, 2.05) is 0 Å². The Morgan fingerprint density at radius 2 is 1.71 bits per heavy atom. The van der Waals surface area contributed by atoms with Crippen LogP contribution < -0.4 is 0 Å². The fourth-order valence-corrected chi connectivity index (χ4v) is 1.86. The quantitative estimate of drug-likeness (QED) is 0.400. The smallest absolute Gasteiger partial charge is 0.120 e. The summed E-state index contributed by atoms with van der Waals surface area (Å²) < 4.78 is 0. The molecule has 0 fully saturated rings.